The van der Waals surface area contributed by atoms with Gasteiger partial charge in [-0.15, -0.1) is 0 Å². The molecule has 3 aromatic rings. The van der Waals surface area contributed by atoms with E-state index in [0.717, 1.165) is 18.2 Å². The highest BCUT2D eigenvalue weighted by Gasteiger charge is 2.37. The van der Waals surface area contributed by atoms with E-state index in [1.54, 1.807) is 6.07 Å². The predicted molar refractivity (Wildman–Crippen MR) is 114 cm³/mol. The molecule has 0 unspecified atom stereocenters. The first kappa shape index (κ1) is 25.1. The molecule has 1 heterocycles. The number of nitrogens with one attached hydrogen (secondary N) is 2. The largest absolute Gasteiger partial charge is 0.439 e. The zero-order valence-electron chi connectivity index (χ0n) is 17.6. The van der Waals surface area contributed by atoms with Crippen LogP contribution in [0.3, 0.4) is 0 Å². The number of hydrogen-bond acceptors (Lipinski definition) is 5. The molecule has 0 aliphatic heterocycles. The molecule has 2 aromatic carbocycles. The minimum Gasteiger partial charge on any atom is -0.439 e. The van der Waals surface area contributed by atoms with Crippen LogP contribution in [0.4, 0.5) is 17.6 Å². The van der Waals surface area contributed by atoms with E-state index in [4.69, 9.17) is 4.74 Å². The smallest absolute Gasteiger partial charge is 0.417 e. The maximum absolute atomic E-state index is 13.1. The Morgan fingerprint density at radius 1 is 1.06 bits per heavy atom. The minimum atomic E-state index is -4.88. The Labute approximate surface area is 192 Å². The molecule has 7 nitrogen and oxygen atoms in total. The van der Waals surface area contributed by atoms with Gasteiger partial charge in [0.05, 0.1) is 16.5 Å². The number of sulfonamides is 1. The average molecular weight is 497 g/mol. The number of pyridine rings is 1. The van der Waals surface area contributed by atoms with E-state index in [2.05, 4.69) is 10.3 Å². The standard InChI is InChI=1S/C22H19F4N3O4S/c1-14(29-34(31,32)19-5-3-2-4-18(19)22(24,25)26)21(30)28-13-15-6-11-20(27-12-15)33-17-9-7-16(23)8-10-17/h2-12,14,29H,13H2,1H3,(H,28,30)/t14-/m0/s1. The zero-order chi connectivity index (χ0) is 24.9. The molecule has 2 N–H and O–H groups in total. The van der Waals surface area contributed by atoms with Gasteiger partial charge in [-0.1, -0.05) is 18.2 Å². The van der Waals surface area contributed by atoms with E-state index in [1.165, 1.54) is 43.5 Å². The number of carbonyl (C=O) groups excluding carboxylic acids is 1. The molecule has 0 saturated heterocycles. The average Bonchev–Trinajstić information content (AvgIpc) is 2.79. The third-order valence-corrected chi connectivity index (χ3v) is 6.11. The van der Waals surface area contributed by atoms with Gasteiger partial charge in [0.25, 0.3) is 0 Å². The summed E-state index contributed by atoms with van der Waals surface area (Å²) in [5.74, 6) is -0.554. The van der Waals surface area contributed by atoms with Crippen molar-refractivity contribution in [3.05, 3.63) is 83.8 Å². The number of hydrogen-bond donors (Lipinski definition) is 2. The fraction of sp³-hybridized carbons (Fsp3) is 0.182. The molecule has 1 aromatic heterocycles. The van der Waals surface area contributed by atoms with Crippen molar-refractivity contribution in [2.24, 2.45) is 0 Å². The quantitative estimate of drug-likeness (QED) is 0.459. The van der Waals surface area contributed by atoms with Gasteiger partial charge in [0.1, 0.15) is 11.6 Å². The van der Waals surface area contributed by atoms with Gasteiger partial charge in [0, 0.05) is 18.8 Å². The molecule has 3 rings (SSSR count). The maximum Gasteiger partial charge on any atom is 0.417 e. The lowest BCUT2D eigenvalue weighted by Crippen LogP contribution is -2.44. The van der Waals surface area contributed by atoms with Crippen molar-refractivity contribution in [3.63, 3.8) is 0 Å². The van der Waals surface area contributed by atoms with E-state index in [-0.39, 0.29) is 12.4 Å². The van der Waals surface area contributed by atoms with Crippen molar-refractivity contribution >= 4 is 15.9 Å². The first-order valence-corrected chi connectivity index (χ1v) is 11.3. The Balaban J connectivity index is 1.58. The third-order valence-electron chi connectivity index (χ3n) is 4.51. The molecule has 34 heavy (non-hydrogen) atoms. The van der Waals surface area contributed by atoms with E-state index >= 15 is 0 Å². The molecule has 0 saturated carbocycles. The fourth-order valence-corrected chi connectivity index (χ4v) is 4.26. The second-order valence-electron chi connectivity index (χ2n) is 7.12. The number of carbonyl (C=O) groups is 1. The summed E-state index contributed by atoms with van der Waals surface area (Å²) < 4.78 is 84.7. The summed E-state index contributed by atoms with van der Waals surface area (Å²) in [7, 11) is -4.62. The third kappa shape index (κ3) is 6.51. The van der Waals surface area contributed by atoms with Gasteiger partial charge < -0.3 is 10.1 Å². The van der Waals surface area contributed by atoms with Crippen molar-refractivity contribution in [1.29, 1.82) is 0 Å². The van der Waals surface area contributed by atoms with Gasteiger partial charge in [-0.3, -0.25) is 4.79 Å². The first-order valence-electron chi connectivity index (χ1n) is 9.80. The Hall–Kier alpha value is -3.51. The van der Waals surface area contributed by atoms with Crippen molar-refractivity contribution in [3.8, 4) is 11.6 Å². The molecule has 0 bridgehead atoms. The number of halogens is 4. The van der Waals surface area contributed by atoms with Crippen LogP contribution in [0.25, 0.3) is 0 Å². The van der Waals surface area contributed by atoms with E-state index in [0.29, 0.717) is 17.4 Å². The van der Waals surface area contributed by atoms with Gasteiger partial charge in [-0.05, 0) is 48.9 Å². The summed E-state index contributed by atoms with van der Waals surface area (Å²) in [6.45, 7) is 1.19. The first-order chi connectivity index (χ1) is 16.0. The van der Waals surface area contributed by atoms with Crippen LogP contribution in [0.2, 0.25) is 0 Å². The second kappa shape index (κ2) is 10.2. The molecule has 12 heteroatoms. The maximum atomic E-state index is 13.1. The van der Waals surface area contributed by atoms with Crippen LogP contribution in [-0.2, 0) is 27.5 Å². The molecule has 0 fully saturated rings. The number of aromatic nitrogens is 1. The molecule has 0 spiro atoms. The molecular weight excluding hydrogens is 478 g/mol. The molecule has 1 atom stereocenters. The van der Waals surface area contributed by atoms with Crippen molar-refractivity contribution < 1.29 is 35.5 Å². The van der Waals surface area contributed by atoms with Crippen molar-refractivity contribution in [1.82, 2.24) is 15.0 Å². The summed E-state index contributed by atoms with van der Waals surface area (Å²) in [5.41, 5.74) is -0.776. The van der Waals surface area contributed by atoms with E-state index in [1.807, 2.05) is 4.72 Å². The van der Waals surface area contributed by atoms with Crippen LogP contribution in [0.5, 0.6) is 11.6 Å². The topological polar surface area (TPSA) is 97.4 Å². The summed E-state index contributed by atoms with van der Waals surface area (Å²) >= 11 is 0. The Bertz CT molecular complexity index is 1250. The van der Waals surface area contributed by atoms with E-state index < -0.39 is 44.4 Å². The number of benzene rings is 2. The summed E-state index contributed by atoms with van der Waals surface area (Å²) in [6, 6.07) is 10.8. The monoisotopic (exact) mass is 497 g/mol. The van der Waals surface area contributed by atoms with Gasteiger partial charge in [0.2, 0.25) is 21.8 Å². The Morgan fingerprint density at radius 2 is 1.74 bits per heavy atom. The summed E-state index contributed by atoms with van der Waals surface area (Å²) in [4.78, 5) is 15.4. The van der Waals surface area contributed by atoms with Crippen LogP contribution in [0, 0.1) is 5.82 Å². The fourth-order valence-electron chi connectivity index (χ4n) is 2.83. The lowest BCUT2D eigenvalue weighted by atomic mass is 10.2. The minimum absolute atomic E-state index is 0.0200. The summed E-state index contributed by atoms with van der Waals surface area (Å²) in [5, 5.41) is 2.48. The molecule has 0 radical (unpaired) electrons. The van der Waals surface area contributed by atoms with E-state index in [9.17, 15) is 30.8 Å². The van der Waals surface area contributed by atoms with Gasteiger partial charge >= 0.3 is 6.18 Å². The molecule has 0 aliphatic rings. The number of ether oxygens (including phenoxy) is 1. The van der Waals surface area contributed by atoms with Crippen LogP contribution in [-0.4, -0.2) is 25.4 Å². The van der Waals surface area contributed by atoms with Crippen LogP contribution in [0.1, 0.15) is 18.1 Å². The van der Waals surface area contributed by atoms with Crippen molar-refractivity contribution in [2.75, 3.05) is 0 Å². The lowest BCUT2D eigenvalue weighted by Gasteiger charge is -2.17. The van der Waals surface area contributed by atoms with Crippen LogP contribution in [0.15, 0.2) is 71.8 Å². The molecule has 0 aliphatic carbocycles. The SMILES string of the molecule is C[C@H](NS(=O)(=O)c1ccccc1C(F)(F)F)C(=O)NCc1ccc(Oc2ccc(F)cc2)nc1. The predicted octanol–water partition coefficient (Wildman–Crippen LogP) is 4.02. The lowest BCUT2D eigenvalue weighted by molar-refractivity contribution is -0.139. The van der Waals surface area contributed by atoms with Gasteiger partial charge in [-0.2, -0.15) is 17.9 Å². The van der Waals surface area contributed by atoms with Gasteiger partial charge in [-0.25, -0.2) is 17.8 Å². The zero-order valence-corrected chi connectivity index (χ0v) is 18.5. The molecule has 180 valence electrons. The number of nitrogens with zero attached hydrogens (tertiary/aromatic N) is 1. The van der Waals surface area contributed by atoms with Gasteiger partial charge in [0.15, 0.2) is 0 Å². The molecule has 1 amide bonds. The normalized spacial score (nSPS) is 12.7. The van der Waals surface area contributed by atoms with Crippen molar-refractivity contribution in [2.45, 2.75) is 30.6 Å². The number of alkyl halides is 3. The summed E-state index contributed by atoms with van der Waals surface area (Å²) in [6.07, 6.45) is -3.47. The Morgan fingerprint density at radius 3 is 2.35 bits per heavy atom. The highest BCUT2D eigenvalue weighted by atomic mass is 32.2. The highest BCUT2D eigenvalue weighted by Crippen LogP contribution is 2.33. The second-order valence-corrected chi connectivity index (χ2v) is 8.80. The number of amides is 1. The van der Waals surface area contributed by atoms with Crippen LogP contribution < -0.4 is 14.8 Å². The Kier molecular flexibility index (Phi) is 7.52. The number of rotatable bonds is 8. The molecular formula is C22H19F4N3O4S. The highest BCUT2D eigenvalue weighted by molar-refractivity contribution is 7.89. The van der Waals surface area contributed by atoms with Crippen LogP contribution >= 0.6 is 0 Å².